The third-order valence-corrected chi connectivity index (χ3v) is 4.23. The minimum Gasteiger partial charge on any atom is -0.228 e. The normalized spacial score (nSPS) is 10.9. The van der Waals surface area contributed by atoms with Gasteiger partial charge in [-0.3, -0.25) is 0 Å². The number of hydrogen-bond donors (Lipinski definition) is 0. The van der Waals surface area contributed by atoms with Crippen LogP contribution in [0, 0.1) is 0 Å². The van der Waals surface area contributed by atoms with E-state index in [4.69, 9.17) is 23.2 Å². The van der Waals surface area contributed by atoms with Crippen molar-refractivity contribution in [3.8, 4) is 11.4 Å². The molecule has 0 aliphatic heterocycles. The second kappa shape index (κ2) is 5.60. The maximum Gasteiger partial charge on any atom is 0.161 e. The number of nitrogens with zero attached hydrogens (tertiary/aromatic N) is 2. The van der Waals surface area contributed by atoms with Gasteiger partial charge in [0.15, 0.2) is 5.82 Å². The Kier molecular flexibility index (Phi) is 3.83. The molecular formula is C15H10Cl2N2S. The molecule has 3 aromatic rings. The Labute approximate surface area is 131 Å². The third kappa shape index (κ3) is 2.62. The molecule has 0 fully saturated rings. The molecule has 1 heterocycles. The molecule has 0 N–H and O–H groups in total. The van der Waals surface area contributed by atoms with E-state index in [1.54, 1.807) is 23.9 Å². The van der Waals surface area contributed by atoms with Crippen LogP contribution >= 0.6 is 35.0 Å². The van der Waals surface area contributed by atoms with Crippen LogP contribution in [0.25, 0.3) is 22.3 Å². The molecule has 20 heavy (non-hydrogen) atoms. The zero-order valence-electron chi connectivity index (χ0n) is 10.6. The highest BCUT2D eigenvalue weighted by atomic mass is 35.5. The van der Waals surface area contributed by atoms with Gasteiger partial charge >= 0.3 is 0 Å². The summed E-state index contributed by atoms with van der Waals surface area (Å²) in [6, 6.07) is 13.5. The number of halogens is 2. The first-order valence-corrected chi connectivity index (χ1v) is 7.92. The van der Waals surface area contributed by atoms with Crippen molar-refractivity contribution in [1.82, 2.24) is 9.97 Å². The maximum atomic E-state index is 6.23. The summed E-state index contributed by atoms with van der Waals surface area (Å²) in [5, 5.41) is 1.81. The molecule has 0 aliphatic carbocycles. The summed E-state index contributed by atoms with van der Waals surface area (Å²) in [6.07, 6.45) is 2.04. The summed E-state index contributed by atoms with van der Waals surface area (Å²) in [6.45, 7) is 0. The van der Waals surface area contributed by atoms with E-state index in [0.717, 1.165) is 16.5 Å². The lowest BCUT2D eigenvalue weighted by atomic mass is 10.2. The molecule has 3 rings (SSSR count). The topological polar surface area (TPSA) is 25.8 Å². The van der Waals surface area contributed by atoms with Gasteiger partial charge in [-0.15, -0.1) is 11.8 Å². The highest BCUT2D eigenvalue weighted by Gasteiger charge is 2.08. The Morgan fingerprint density at radius 3 is 2.40 bits per heavy atom. The lowest BCUT2D eigenvalue weighted by Gasteiger charge is -2.05. The zero-order chi connectivity index (χ0) is 14.1. The smallest absolute Gasteiger partial charge is 0.161 e. The van der Waals surface area contributed by atoms with Crippen molar-refractivity contribution in [3.63, 3.8) is 0 Å². The summed E-state index contributed by atoms with van der Waals surface area (Å²) in [5.41, 5.74) is 1.74. The van der Waals surface area contributed by atoms with Crippen LogP contribution in [0.3, 0.4) is 0 Å². The molecule has 5 heteroatoms. The van der Waals surface area contributed by atoms with Crippen LogP contribution in [0.15, 0.2) is 47.4 Å². The van der Waals surface area contributed by atoms with E-state index in [-0.39, 0.29) is 0 Å². The van der Waals surface area contributed by atoms with Crippen molar-refractivity contribution in [2.24, 2.45) is 0 Å². The van der Waals surface area contributed by atoms with Crippen molar-refractivity contribution < 1.29 is 0 Å². The van der Waals surface area contributed by atoms with Crippen LogP contribution in [0.2, 0.25) is 10.2 Å². The van der Waals surface area contributed by atoms with Gasteiger partial charge in [-0.1, -0.05) is 35.3 Å². The quantitative estimate of drug-likeness (QED) is 0.471. The summed E-state index contributed by atoms with van der Waals surface area (Å²) < 4.78 is 0. The molecule has 0 radical (unpaired) electrons. The molecule has 2 aromatic carbocycles. The van der Waals surface area contributed by atoms with Crippen LogP contribution in [0.1, 0.15) is 0 Å². The molecule has 0 atom stereocenters. The Balaban J connectivity index is 2.14. The molecule has 0 aliphatic rings. The average Bonchev–Trinajstić information content (AvgIpc) is 2.48. The van der Waals surface area contributed by atoms with Gasteiger partial charge in [-0.25, -0.2) is 9.97 Å². The van der Waals surface area contributed by atoms with E-state index in [1.165, 1.54) is 4.90 Å². The van der Waals surface area contributed by atoms with Gasteiger partial charge in [-0.05, 0) is 36.6 Å². The van der Waals surface area contributed by atoms with Gasteiger partial charge < -0.3 is 0 Å². The summed E-state index contributed by atoms with van der Waals surface area (Å²) in [5.74, 6) is 0.623. The van der Waals surface area contributed by atoms with Crippen molar-refractivity contribution in [2.75, 3.05) is 6.26 Å². The van der Waals surface area contributed by atoms with Crippen molar-refractivity contribution in [1.29, 1.82) is 0 Å². The molecular weight excluding hydrogens is 311 g/mol. The van der Waals surface area contributed by atoms with Gasteiger partial charge in [0.2, 0.25) is 0 Å². The van der Waals surface area contributed by atoms with Gasteiger partial charge in [0.25, 0.3) is 0 Å². The van der Waals surface area contributed by atoms with Crippen LogP contribution in [0.5, 0.6) is 0 Å². The number of hydrogen-bond acceptors (Lipinski definition) is 3. The first-order chi connectivity index (χ1) is 9.67. The Hall–Kier alpha value is -1.29. The molecule has 100 valence electrons. The molecule has 0 unspecified atom stereocenters. The van der Waals surface area contributed by atoms with Crippen LogP contribution < -0.4 is 0 Å². The number of aromatic nitrogens is 2. The minimum absolute atomic E-state index is 0.418. The van der Waals surface area contributed by atoms with Crippen molar-refractivity contribution in [2.45, 2.75) is 4.90 Å². The fraction of sp³-hybridized carbons (Fsp3) is 0.0667. The number of thioether (sulfide) groups is 1. The summed E-state index contributed by atoms with van der Waals surface area (Å²) in [4.78, 5) is 10.1. The number of fused-ring (bicyclic) bond motifs is 1. The zero-order valence-corrected chi connectivity index (χ0v) is 12.9. The fourth-order valence-electron chi connectivity index (χ4n) is 1.93. The fourth-order valence-corrected chi connectivity index (χ4v) is 2.74. The van der Waals surface area contributed by atoms with Crippen LogP contribution in [0.4, 0.5) is 0 Å². The van der Waals surface area contributed by atoms with Gasteiger partial charge in [0.05, 0.1) is 5.52 Å². The largest absolute Gasteiger partial charge is 0.228 e. The predicted octanol–water partition coefficient (Wildman–Crippen LogP) is 5.33. The van der Waals surface area contributed by atoms with E-state index in [0.29, 0.717) is 16.0 Å². The second-order valence-corrected chi connectivity index (χ2v) is 5.90. The van der Waals surface area contributed by atoms with Gasteiger partial charge in [-0.2, -0.15) is 0 Å². The van der Waals surface area contributed by atoms with E-state index in [1.807, 2.05) is 36.6 Å². The SMILES string of the molecule is CSc1ccc(-c2nc(Cl)c3cc(Cl)ccc3n2)cc1. The van der Waals surface area contributed by atoms with E-state index < -0.39 is 0 Å². The van der Waals surface area contributed by atoms with Crippen LogP contribution in [-0.4, -0.2) is 16.2 Å². The van der Waals surface area contributed by atoms with Gasteiger partial charge in [0.1, 0.15) is 5.15 Å². The summed E-state index contributed by atoms with van der Waals surface area (Å²) in [7, 11) is 0. The highest BCUT2D eigenvalue weighted by molar-refractivity contribution is 7.98. The molecule has 2 nitrogen and oxygen atoms in total. The molecule has 0 amide bonds. The van der Waals surface area contributed by atoms with Crippen LogP contribution in [-0.2, 0) is 0 Å². The number of rotatable bonds is 2. The van der Waals surface area contributed by atoms with E-state index in [2.05, 4.69) is 9.97 Å². The number of benzene rings is 2. The molecule has 0 saturated heterocycles. The van der Waals surface area contributed by atoms with E-state index in [9.17, 15) is 0 Å². The Morgan fingerprint density at radius 1 is 0.950 bits per heavy atom. The lowest BCUT2D eigenvalue weighted by Crippen LogP contribution is -1.91. The maximum absolute atomic E-state index is 6.23. The predicted molar refractivity (Wildman–Crippen MR) is 86.8 cm³/mol. The van der Waals surface area contributed by atoms with Crippen molar-refractivity contribution in [3.05, 3.63) is 52.6 Å². The Bertz CT molecular complexity index is 773. The average molecular weight is 321 g/mol. The molecule has 1 aromatic heterocycles. The lowest BCUT2D eigenvalue weighted by molar-refractivity contribution is 1.22. The standard InChI is InChI=1S/C15H10Cl2N2S/c1-20-11-5-2-9(3-6-11)15-18-13-7-4-10(16)8-12(13)14(17)19-15/h2-8H,1H3. The minimum atomic E-state index is 0.418. The third-order valence-electron chi connectivity index (χ3n) is 2.96. The molecule has 0 saturated carbocycles. The van der Waals surface area contributed by atoms with E-state index >= 15 is 0 Å². The first kappa shape index (κ1) is 13.7. The Morgan fingerprint density at radius 2 is 1.70 bits per heavy atom. The first-order valence-electron chi connectivity index (χ1n) is 5.94. The monoisotopic (exact) mass is 320 g/mol. The van der Waals surface area contributed by atoms with Crippen molar-refractivity contribution >= 4 is 45.9 Å². The highest BCUT2D eigenvalue weighted by Crippen LogP contribution is 2.27. The second-order valence-electron chi connectivity index (χ2n) is 4.23. The van der Waals surface area contributed by atoms with Gasteiger partial charge in [0, 0.05) is 20.9 Å². The molecule has 0 bridgehead atoms. The summed E-state index contributed by atoms with van der Waals surface area (Å²) >= 11 is 13.9. The molecule has 0 spiro atoms.